The second-order valence-electron chi connectivity index (χ2n) is 14.7. The number of hydrogen-bond donors (Lipinski definition) is 0. The second-order valence-corrected chi connectivity index (χ2v) is 14.7. The van der Waals surface area contributed by atoms with Gasteiger partial charge >= 0.3 is 11.9 Å². The number of fused-ring (bicyclic) bond motifs is 2. The Morgan fingerprint density at radius 1 is 0.590 bits per heavy atom. The van der Waals surface area contributed by atoms with Crippen LogP contribution in [0, 0.1) is 0 Å². The highest BCUT2D eigenvalue weighted by molar-refractivity contribution is 5.89. The molecule has 0 amide bonds. The van der Waals surface area contributed by atoms with Crippen LogP contribution in [-0.4, -0.2) is 86.5 Å². The maximum atomic E-state index is 13.6. The monoisotopic (exact) mass is 827 g/mol. The van der Waals surface area contributed by atoms with Crippen molar-refractivity contribution in [2.24, 2.45) is 5.11 Å². The molecule has 0 saturated carbocycles. The Labute approximate surface area is 352 Å². The zero-order valence-electron chi connectivity index (χ0n) is 33.1. The van der Waals surface area contributed by atoms with E-state index in [1.165, 1.54) is 0 Å². The number of hydrogen-bond acceptors (Lipinski definition) is 12. The second kappa shape index (κ2) is 20.6. The fourth-order valence-corrected chi connectivity index (χ4v) is 7.57. The number of carbonyl (C=O) groups excluding carboxylic acids is 2. The number of rotatable bonds is 17. The van der Waals surface area contributed by atoms with E-state index in [0.717, 1.165) is 16.7 Å². The van der Waals surface area contributed by atoms with E-state index < -0.39 is 73.3 Å². The summed E-state index contributed by atoms with van der Waals surface area (Å²) in [6, 6.07) is 44.6. The predicted molar refractivity (Wildman–Crippen MR) is 219 cm³/mol. The molecule has 5 aromatic carbocycles. The summed E-state index contributed by atoms with van der Waals surface area (Å²) in [6.07, 6.45) is -8.98. The van der Waals surface area contributed by atoms with Gasteiger partial charge in [0.1, 0.15) is 49.3 Å². The Morgan fingerprint density at radius 2 is 1.08 bits per heavy atom. The van der Waals surface area contributed by atoms with Crippen molar-refractivity contribution in [2.75, 3.05) is 13.2 Å². The third kappa shape index (κ3) is 10.5. The van der Waals surface area contributed by atoms with Gasteiger partial charge in [0.2, 0.25) is 0 Å². The van der Waals surface area contributed by atoms with Crippen molar-refractivity contribution < 1.29 is 52.2 Å². The molecule has 8 rings (SSSR count). The summed E-state index contributed by atoms with van der Waals surface area (Å²) in [4.78, 5) is 30.1. The van der Waals surface area contributed by atoms with Gasteiger partial charge in [-0.05, 0) is 46.5 Å². The lowest BCUT2D eigenvalue weighted by atomic mass is 9.95. The number of ether oxygens (including phenoxy) is 9. The van der Waals surface area contributed by atoms with Crippen LogP contribution in [0.5, 0.6) is 0 Å². The molecular weight excluding hydrogens is 783 g/mol. The Kier molecular flexibility index (Phi) is 14.1. The molecule has 0 radical (unpaired) electrons. The van der Waals surface area contributed by atoms with Gasteiger partial charge in [0.25, 0.3) is 0 Å². The lowest BCUT2D eigenvalue weighted by molar-refractivity contribution is -0.326. The van der Waals surface area contributed by atoms with E-state index in [2.05, 4.69) is 10.0 Å². The average molecular weight is 828 g/mol. The molecule has 314 valence electrons. The summed E-state index contributed by atoms with van der Waals surface area (Å²) >= 11 is 0. The molecule has 0 aliphatic carbocycles. The van der Waals surface area contributed by atoms with Crippen LogP contribution in [0.1, 0.15) is 37.4 Å². The van der Waals surface area contributed by atoms with Crippen molar-refractivity contribution in [2.45, 2.75) is 81.2 Å². The van der Waals surface area contributed by atoms with Gasteiger partial charge in [0, 0.05) is 4.91 Å². The number of carbonyl (C=O) groups is 2. The van der Waals surface area contributed by atoms with Crippen LogP contribution in [0.4, 0.5) is 0 Å². The minimum absolute atomic E-state index is 0.0771. The Balaban J connectivity index is 1.13. The van der Waals surface area contributed by atoms with Crippen molar-refractivity contribution in [3.05, 3.63) is 190 Å². The third-order valence-electron chi connectivity index (χ3n) is 10.6. The number of azide groups is 1. The SMILES string of the molecule is [N-]=[N+]=N[C@H]1[C@@H](O[C@H]2[C@H](OCc3ccccc3)[C@@H](OC(=O)c3ccccc3)[C@H]3OC[C@@H]2O3)O[C@H](COC(=O)c2ccccc2)[C@@H](OCc2ccccc2)[C@@H]1OCc1ccccc1. The van der Waals surface area contributed by atoms with Crippen molar-refractivity contribution in [1.82, 2.24) is 0 Å². The highest BCUT2D eigenvalue weighted by Crippen LogP contribution is 2.38. The fourth-order valence-electron chi connectivity index (χ4n) is 7.57. The molecule has 10 atom stereocenters. The fraction of sp³-hybridized carbons (Fsp3) is 0.319. The van der Waals surface area contributed by atoms with Gasteiger partial charge in [-0.2, -0.15) is 0 Å². The highest BCUT2D eigenvalue weighted by atomic mass is 16.8. The number of nitrogens with zero attached hydrogens (tertiary/aromatic N) is 3. The van der Waals surface area contributed by atoms with Gasteiger partial charge in [-0.1, -0.05) is 133 Å². The molecule has 14 heteroatoms. The minimum Gasteiger partial charge on any atom is -0.459 e. The van der Waals surface area contributed by atoms with E-state index in [9.17, 15) is 15.1 Å². The number of esters is 2. The summed E-state index contributed by atoms with van der Waals surface area (Å²) in [6.45, 7) is 0.183. The standard InChI is InChI=1S/C47H45N3O11/c48-50-49-38-41(54-27-32-18-8-2-9-19-32)39(53-26-31-16-6-1-7-17-31)36(29-56-44(51)34-22-12-4-13-23-34)58-46(38)61-40-37-30-57-47(59-37)43(60-45(52)35-24-14-5-15-25-35)42(40)55-28-33-20-10-3-11-21-33/h1-25,36-43,46-47H,26-30H2/t36-,37+,38-,39-,40-,41-,42+,43-,46-,47+/m1/s1. The van der Waals surface area contributed by atoms with Gasteiger partial charge in [-0.25, -0.2) is 9.59 Å². The van der Waals surface area contributed by atoms with Gasteiger partial charge in [0.05, 0.1) is 37.6 Å². The van der Waals surface area contributed by atoms with Crippen molar-refractivity contribution >= 4 is 11.9 Å². The lowest BCUT2D eigenvalue weighted by Gasteiger charge is -2.47. The van der Waals surface area contributed by atoms with Crippen LogP contribution >= 0.6 is 0 Å². The first-order chi connectivity index (χ1) is 30.0. The topological polar surface area (TPSA) is 166 Å². The molecule has 61 heavy (non-hydrogen) atoms. The summed E-state index contributed by atoms with van der Waals surface area (Å²) in [7, 11) is 0. The predicted octanol–water partition coefficient (Wildman–Crippen LogP) is 7.37. The van der Waals surface area contributed by atoms with E-state index in [1.54, 1.807) is 60.7 Å². The van der Waals surface area contributed by atoms with Gasteiger partial charge in [0.15, 0.2) is 18.7 Å². The molecule has 0 N–H and O–H groups in total. The van der Waals surface area contributed by atoms with Crippen molar-refractivity contribution in [1.29, 1.82) is 0 Å². The minimum atomic E-state index is -1.34. The smallest absolute Gasteiger partial charge is 0.338 e. The Bertz CT molecular complexity index is 2200. The van der Waals surface area contributed by atoms with Crippen LogP contribution in [0.3, 0.4) is 0 Å². The first kappa shape index (κ1) is 41.8. The first-order valence-electron chi connectivity index (χ1n) is 20.1. The zero-order chi connectivity index (χ0) is 41.8. The van der Waals surface area contributed by atoms with Gasteiger partial charge in [-0.3, -0.25) is 0 Å². The van der Waals surface area contributed by atoms with Crippen LogP contribution in [0.2, 0.25) is 0 Å². The van der Waals surface area contributed by atoms with Crippen molar-refractivity contribution in [3.63, 3.8) is 0 Å². The molecule has 0 spiro atoms. The zero-order valence-corrected chi connectivity index (χ0v) is 33.1. The summed E-state index contributed by atoms with van der Waals surface area (Å²) in [5.74, 6) is -1.18. The molecule has 0 unspecified atom stereocenters. The molecule has 5 aromatic rings. The normalized spacial score (nSPS) is 26.8. The Hall–Kier alpha value is -5.93. The molecule has 2 bridgehead atoms. The first-order valence-corrected chi connectivity index (χ1v) is 20.1. The molecule has 3 heterocycles. The van der Waals surface area contributed by atoms with E-state index >= 15 is 0 Å². The summed E-state index contributed by atoms with van der Waals surface area (Å²) < 4.78 is 57.7. The maximum Gasteiger partial charge on any atom is 0.338 e. The average Bonchev–Trinajstić information content (AvgIpc) is 3.76. The number of benzene rings is 5. The van der Waals surface area contributed by atoms with E-state index in [1.807, 2.05) is 91.0 Å². The molecule has 3 aliphatic heterocycles. The highest BCUT2D eigenvalue weighted by Gasteiger charge is 2.57. The Morgan fingerprint density at radius 3 is 1.62 bits per heavy atom. The molecule has 14 nitrogen and oxygen atoms in total. The summed E-state index contributed by atoms with van der Waals surface area (Å²) in [5, 5.41) is 4.21. The van der Waals surface area contributed by atoms with Crippen molar-refractivity contribution in [3.8, 4) is 0 Å². The van der Waals surface area contributed by atoms with Gasteiger partial charge in [-0.15, -0.1) is 0 Å². The quantitative estimate of drug-likeness (QED) is 0.0398. The molecular formula is C47H45N3O11. The molecule has 3 aliphatic rings. The maximum absolute atomic E-state index is 13.6. The largest absolute Gasteiger partial charge is 0.459 e. The van der Waals surface area contributed by atoms with E-state index in [-0.39, 0.29) is 33.0 Å². The molecule has 3 fully saturated rings. The van der Waals surface area contributed by atoms with Crippen LogP contribution < -0.4 is 0 Å². The van der Waals surface area contributed by atoms with Crippen LogP contribution in [0.25, 0.3) is 10.4 Å². The molecule has 0 aromatic heterocycles. The molecule has 3 saturated heterocycles. The summed E-state index contributed by atoms with van der Waals surface area (Å²) in [5.41, 5.74) is 13.3. The van der Waals surface area contributed by atoms with Crippen LogP contribution in [0.15, 0.2) is 157 Å². The van der Waals surface area contributed by atoms with Crippen LogP contribution in [-0.2, 0) is 62.5 Å². The lowest BCUT2D eigenvalue weighted by Crippen LogP contribution is -2.64. The third-order valence-corrected chi connectivity index (χ3v) is 10.6. The van der Waals surface area contributed by atoms with Gasteiger partial charge < -0.3 is 42.6 Å². The van der Waals surface area contributed by atoms with E-state index in [0.29, 0.717) is 11.1 Å². The van der Waals surface area contributed by atoms with E-state index in [4.69, 9.17) is 42.6 Å².